The van der Waals surface area contributed by atoms with Crippen LogP contribution in [0.2, 0.25) is 0 Å². The molecule has 2 aromatic rings. The summed E-state index contributed by atoms with van der Waals surface area (Å²) in [5.41, 5.74) is 1.07. The van der Waals surface area contributed by atoms with E-state index < -0.39 is 0 Å². The van der Waals surface area contributed by atoms with Gasteiger partial charge < -0.3 is 10.6 Å². The molecule has 3 rings (SSSR count). The van der Waals surface area contributed by atoms with Gasteiger partial charge in [0.2, 0.25) is 5.91 Å². The van der Waals surface area contributed by atoms with Crippen molar-refractivity contribution in [2.24, 2.45) is 0 Å². The van der Waals surface area contributed by atoms with Gasteiger partial charge >= 0.3 is 0 Å². The van der Waals surface area contributed by atoms with E-state index >= 15 is 0 Å². The first-order chi connectivity index (χ1) is 10.8. The van der Waals surface area contributed by atoms with Crippen LogP contribution in [0.25, 0.3) is 0 Å². The summed E-state index contributed by atoms with van der Waals surface area (Å²) in [5, 5.41) is 14.7. The average Bonchev–Trinajstić information content (AvgIpc) is 3.20. The first kappa shape index (κ1) is 14.7. The van der Waals surface area contributed by atoms with Crippen LogP contribution in [0, 0.1) is 0 Å². The van der Waals surface area contributed by atoms with Gasteiger partial charge in [0.05, 0.1) is 12.2 Å². The Bertz CT molecular complexity index is 586. The number of aromatic nitrogens is 5. The Hall–Kier alpha value is -2.22. The fourth-order valence-corrected chi connectivity index (χ4v) is 2.65. The third-order valence-corrected chi connectivity index (χ3v) is 3.81. The number of carbonyl (C=O) groups excluding carboxylic acids is 1. The van der Waals surface area contributed by atoms with E-state index in [1.807, 2.05) is 12.3 Å². The normalized spacial score (nSPS) is 18.3. The van der Waals surface area contributed by atoms with Crippen LogP contribution in [-0.4, -0.2) is 50.1 Å². The molecule has 1 amide bonds. The van der Waals surface area contributed by atoms with Gasteiger partial charge in [0.1, 0.15) is 19.2 Å². The fraction of sp³-hybridized carbons (Fsp3) is 0.571. The number of nitrogens with one attached hydrogen (secondary N) is 2. The van der Waals surface area contributed by atoms with Gasteiger partial charge in [0, 0.05) is 25.2 Å². The SMILES string of the molecule is O=C(Cn1ccc([C@H]2CCCNC2)n1)NCCn1cncn1. The standard InChI is InChI=1S/C14H21N7O/c22-14(17-5-7-21-11-16-10-18-21)9-20-6-3-13(19-20)12-2-1-4-15-8-12/h3,6,10-12,15H,1-2,4-5,7-9H2,(H,17,22)/t12-/m0/s1. The summed E-state index contributed by atoms with van der Waals surface area (Å²) < 4.78 is 3.39. The molecule has 0 radical (unpaired) electrons. The first-order valence-corrected chi connectivity index (χ1v) is 7.64. The van der Waals surface area contributed by atoms with E-state index in [0.717, 1.165) is 25.2 Å². The maximum absolute atomic E-state index is 11.9. The van der Waals surface area contributed by atoms with Gasteiger partial charge in [-0.15, -0.1) is 0 Å². The number of hydrogen-bond acceptors (Lipinski definition) is 5. The zero-order chi connectivity index (χ0) is 15.2. The lowest BCUT2D eigenvalue weighted by molar-refractivity contribution is -0.121. The van der Waals surface area contributed by atoms with Crippen molar-refractivity contribution in [3.05, 3.63) is 30.6 Å². The van der Waals surface area contributed by atoms with E-state index in [2.05, 4.69) is 25.8 Å². The molecule has 2 N–H and O–H groups in total. The monoisotopic (exact) mass is 303 g/mol. The molecule has 0 spiro atoms. The lowest BCUT2D eigenvalue weighted by Gasteiger charge is -2.20. The van der Waals surface area contributed by atoms with Crippen molar-refractivity contribution in [3.63, 3.8) is 0 Å². The van der Waals surface area contributed by atoms with Crippen LogP contribution in [0.4, 0.5) is 0 Å². The lowest BCUT2D eigenvalue weighted by atomic mass is 9.97. The van der Waals surface area contributed by atoms with Crippen LogP contribution in [0.15, 0.2) is 24.9 Å². The minimum atomic E-state index is -0.0449. The summed E-state index contributed by atoms with van der Waals surface area (Å²) in [6, 6.07) is 2.01. The van der Waals surface area contributed by atoms with Crippen molar-refractivity contribution in [2.45, 2.75) is 31.8 Å². The van der Waals surface area contributed by atoms with Gasteiger partial charge in [0.15, 0.2) is 0 Å². The van der Waals surface area contributed by atoms with E-state index in [-0.39, 0.29) is 12.5 Å². The fourth-order valence-electron chi connectivity index (χ4n) is 2.65. The highest BCUT2D eigenvalue weighted by atomic mass is 16.2. The first-order valence-electron chi connectivity index (χ1n) is 7.64. The van der Waals surface area contributed by atoms with Crippen LogP contribution < -0.4 is 10.6 Å². The second kappa shape index (κ2) is 7.17. The van der Waals surface area contributed by atoms with E-state index in [1.54, 1.807) is 15.7 Å². The molecule has 8 nitrogen and oxygen atoms in total. The van der Waals surface area contributed by atoms with Crippen molar-refractivity contribution in [1.82, 2.24) is 35.2 Å². The van der Waals surface area contributed by atoms with Gasteiger partial charge in [-0.25, -0.2) is 4.98 Å². The van der Waals surface area contributed by atoms with Crippen LogP contribution in [0.3, 0.4) is 0 Å². The zero-order valence-corrected chi connectivity index (χ0v) is 12.5. The van der Waals surface area contributed by atoms with Crippen LogP contribution >= 0.6 is 0 Å². The molecule has 1 aliphatic rings. The number of rotatable bonds is 6. The Labute approximate surface area is 128 Å². The summed E-state index contributed by atoms with van der Waals surface area (Å²) in [6.07, 6.45) is 7.33. The third-order valence-electron chi connectivity index (χ3n) is 3.81. The molecule has 0 unspecified atom stereocenters. The Morgan fingerprint density at radius 2 is 2.41 bits per heavy atom. The number of piperidine rings is 1. The summed E-state index contributed by atoms with van der Waals surface area (Å²) in [6.45, 7) is 3.46. The summed E-state index contributed by atoms with van der Waals surface area (Å²) >= 11 is 0. The van der Waals surface area contributed by atoms with E-state index in [0.29, 0.717) is 19.0 Å². The smallest absolute Gasteiger partial charge is 0.241 e. The number of hydrogen-bond donors (Lipinski definition) is 2. The maximum atomic E-state index is 11.9. The van der Waals surface area contributed by atoms with Crippen molar-refractivity contribution in [3.8, 4) is 0 Å². The van der Waals surface area contributed by atoms with Gasteiger partial charge in [0.25, 0.3) is 0 Å². The Morgan fingerprint density at radius 3 is 3.18 bits per heavy atom. The molecule has 2 aromatic heterocycles. The van der Waals surface area contributed by atoms with E-state index in [1.165, 1.54) is 12.7 Å². The molecule has 1 aliphatic heterocycles. The van der Waals surface area contributed by atoms with E-state index in [9.17, 15) is 4.79 Å². The predicted octanol–water partition coefficient (Wildman–Crippen LogP) is -0.242. The molecule has 1 fully saturated rings. The summed E-state index contributed by atoms with van der Waals surface area (Å²) in [7, 11) is 0. The van der Waals surface area contributed by atoms with E-state index in [4.69, 9.17) is 0 Å². The van der Waals surface area contributed by atoms with Crippen LogP contribution in [-0.2, 0) is 17.9 Å². The van der Waals surface area contributed by atoms with Crippen molar-refractivity contribution in [1.29, 1.82) is 0 Å². The molecule has 1 atom stereocenters. The molecule has 3 heterocycles. The lowest BCUT2D eigenvalue weighted by Crippen LogP contribution is -2.31. The number of amides is 1. The molecule has 22 heavy (non-hydrogen) atoms. The minimum Gasteiger partial charge on any atom is -0.353 e. The molecule has 0 saturated carbocycles. The highest BCUT2D eigenvalue weighted by molar-refractivity contribution is 5.75. The molecular formula is C14H21N7O. The molecule has 8 heteroatoms. The number of nitrogens with zero attached hydrogens (tertiary/aromatic N) is 5. The predicted molar refractivity (Wildman–Crippen MR) is 80.1 cm³/mol. The van der Waals surface area contributed by atoms with Crippen molar-refractivity contribution < 1.29 is 4.79 Å². The molecule has 1 saturated heterocycles. The second-order valence-electron chi connectivity index (χ2n) is 5.49. The van der Waals surface area contributed by atoms with Crippen LogP contribution in [0.1, 0.15) is 24.5 Å². The molecule has 118 valence electrons. The molecule has 0 aromatic carbocycles. The maximum Gasteiger partial charge on any atom is 0.241 e. The molecular weight excluding hydrogens is 282 g/mol. The molecule has 0 bridgehead atoms. The highest BCUT2D eigenvalue weighted by Crippen LogP contribution is 2.21. The second-order valence-corrected chi connectivity index (χ2v) is 5.49. The Morgan fingerprint density at radius 1 is 1.45 bits per heavy atom. The topological polar surface area (TPSA) is 89.7 Å². The molecule has 0 aliphatic carbocycles. The van der Waals surface area contributed by atoms with Gasteiger partial charge in [-0.1, -0.05) is 0 Å². The van der Waals surface area contributed by atoms with Gasteiger partial charge in [-0.05, 0) is 25.5 Å². The zero-order valence-electron chi connectivity index (χ0n) is 12.5. The van der Waals surface area contributed by atoms with Crippen LogP contribution in [0.5, 0.6) is 0 Å². The highest BCUT2D eigenvalue weighted by Gasteiger charge is 2.17. The quantitative estimate of drug-likeness (QED) is 0.768. The largest absolute Gasteiger partial charge is 0.353 e. The van der Waals surface area contributed by atoms with Crippen molar-refractivity contribution >= 4 is 5.91 Å². The van der Waals surface area contributed by atoms with Crippen molar-refractivity contribution in [2.75, 3.05) is 19.6 Å². The Kier molecular flexibility index (Phi) is 4.79. The number of carbonyl (C=O) groups is 1. The third kappa shape index (κ3) is 3.91. The Balaban J connectivity index is 1.44. The van der Waals surface area contributed by atoms with Gasteiger partial charge in [-0.3, -0.25) is 14.2 Å². The minimum absolute atomic E-state index is 0.0449. The van der Waals surface area contributed by atoms with Gasteiger partial charge in [-0.2, -0.15) is 10.2 Å². The average molecular weight is 303 g/mol. The summed E-state index contributed by atoms with van der Waals surface area (Å²) in [5.74, 6) is 0.418. The summed E-state index contributed by atoms with van der Waals surface area (Å²) in [4.78, 5) is 15.8.